The highest BCUT2D eigenvalue weighted by molar-refractivity contribution is 4.90. The van der Waals surface area contributed by atoms with Gasteiger partial charge in [0, 0.05) is 0 Å². The molecule has 0 aromatic carbocycles. The molecule has 1 heterocycles. The van der Waals surface area contributed by atoms with Gasteiger partial charge in [0.25, 0.3) is 0 Å². The highest BCUT2D eigenvalue weighted by Gasteiger charge is 2.46. The van der Waals surface area contributed by atoms with Gasteiger partial charge in [-0.05, 0) is 30.6 Å². The maximum atomic E-state index is 10.1. The fourth-order valence-corrected chi connectivity index (χ4v) is 3.62. The fourth-order valence-electron chi connectivity index (χ4n) is 3.62. The topological polar surface area (TPSA) is 99.4 Å². The Morgan fingerprint density at radius 2 is 1.77 bits per heavy atom. The molecule has 0 aromatic heterocycles. The largest absolute Gasteiger partial charge is 0.394 e. The Kier molecular flexibility index (Phi) is 6.22. The zero-order valence-corrected chi connectivity index (χ0v) is 13.6. The Morgan fingerprint density at radius 3 is 2.36 bits per heavy atom. The molecule has 6 heteroatoms. The average Bonchev–Trinajstić information content (AvgIpc) is 2.47. The summed E-state index contributed by atoms with van der Waals surface area (Å²) in [6.07, 6.45) is -2.90. The monoisotopic (exact) mass is 318 g/mol. The molecule has 0 bridgehead atoms. The van der Waals surface area contributed by atoms with Crippen LogP contribution >= 0.6 is 0 Å². The van der Waals surface area contributed by atoms with Gasteiger partial charge < -0.3 is 29.9 Å². The van der Waals surface area contributed by atoms with Crippen molar-refractivity contribution in [1.29, 1.82) is 0 Å². The molecule has 0 amide bonds. The molecule has 1 saturated carbocycles. The van der Waals surface area contributed by atoms with Gasteiger partial charge in [-0.15, -0.1) is 0 Å². The molecular formula is C16H30O6. The quantitative estimate of drug-likeness (QED) is 0.593. The highest BCUT2D eigenvalue weighted by Crippen LogP contribution is 2.37. The van der Waals surface area contributed by atoms with Crippen LogP contribution in [-0.2, 0) is 9.47 Å². The Labute approximate surface area is 132 Å². The molecule has 4 N–H and O–H groups in total. The molecule has 1 saturated heterocycles. The molecule has 130 valence electrons. The van der Waals surface area contributed by atoms with Gasteiger partial charge in [-0.2, -0.15) is 0 Å². The Bertz CT molecular complexity index is 348. The van der Waals surface area contributed by atoms with Crippen molar-refractivity contribution in [3.63, 3.8) is 0 Å². The predicted molar refractivity (Wildman–Crippen MR) is 80.0 cm³/mol. The molecule has 22 heavy (non-hydrogen) atoms. The van der Waals surface area contributed by atoms with Crippen LogP contribution in [0.25, 0.3) is 0 Å². The second-order valence-corrected chi connectivity index (χ2v) is 7.20. The fraction of sp³-hybridized carbons (Fsp3) is 1.00. The van der Waals surface area contributed by atoms with E-state index in [1.165, 1.54) is 0 Å². The van der Waals surface area contributed by atoms with Gasteiger partial charge in [0.15, 0.2) is 6.29 Å². The van der Waals surface area contributed by atoms with Crippen LogP contribution in [0.1, 0.15) is 40.0 Å². The first-order valence-electron chi connectivity index (χ1n) is 8.31. The first-order chi connectivity index (χ1) is 10.3. The lowest BCUT2D eigenvalue weighted by Gasteiger charge is -2.44. The molecule has 1 aliphatic carbocycles. The SMILES string of the molecule is CC1CCC(C(C)C)C(OC2O[C@H](CO)[C@H](O)[C@H](O)[C@H]2O)C1. The van der Waals surface area contributed by atoms with Crippen LogP contribution in [0.15, 0.2) is 0 Å². The van der Waals surface area contributed by atoms with Crippen molar-refractivity contribution < 1.29 is 29.9 Å². The first kappa shape index (κ1) is 18.1. The van der Waals surface area contributed by atoms with Crippen LogP contribution in [0.4, 0.5) is 0 Å². The second-order valence-electron chi connectivity index (χ2n) is 7.20. The first-order valence-corrected chi connectivity index (χ1v) is 8.31. The van der Waals surface area contributed by atoms with E-state index in [-0.39, 0.29) is 6.10 Å². The summed E-state index contributed by atoms with van der Waals surface area (Å²) in [6.45, 7) is 6.06. The van der Waals surface area contributed by atoms with Crippen molar-refractivity contribution in [1.82, 2.24) is 0 Å². The van der Waals surface area contributed by atoms with E-state index < -0.39 is 37.3 Å². The third-order valence-corrected chi connectivity index (χ3v) is 5.12. The summed E-state index contributed by atoms with van der Waals surface area (Å²) >= 11 is 0. The van der Waals surface area contributed by atoms with Crippen molar-refractivity contribution in [3.05, 3.63) is 0 Å². The van der Waals surface area contributed by atoms with Crippen LogP contribution in [0.2, 0.25) is 0 Å². The van der Waals surface area contributed by atoms with Gasteiger partial charge >= 0.3 is 0 Å². The van der Waals surface area contributed by atoms with E-state index in [1.54, 1.807) is 0 Å². The van der Waals surface area contributed by atoms with E-state index in [2.05, 4.69) is 20.8 Å². The Morgan fingerprint density at radius 1 is 1.09 bits per heavy atom. The summed E-state index contributed by atoms with van der Waals surface area (Å²) in [4.78, 5) is 0. The molecule has 1 aliphatic heterocycles. The van der Waals surface area contributed by atoms with Crippen molar-refractivity contribution in [2.75, 3.05) is 6.61 Å². The molecule has 8 atom stereocenters. The van der Waals surface area contributed by atoms with E-state index >= 15 is 0 Å². The van der Waals surface area contributed by atoms with Crippen molar-refractivity contribution >= 4 is 0 Å². The number of hydrogen-bond acceptors (Lipinski definition) is 6. The lowest BCUT2D eigenvalue weighted by molar-refractivity contribution is -0.318. The molecule has 4 unspecified atom stereocenters. The van der Waals surface area contributed by atoms with Crippen molar-refractivity contribution in [3.8, 4) is 0 Å². The number of aliphatic hydroxyl groups excluding tert-OH is 4. The smallest absolute Gasteiger partial charge is 0.186 e. The Hall–Kier alpha value is -0.240. The molecule has 0 aromatic rings. The van der Waals surface area contributed by atoms with Crippen LogP contribution in [0, 0.1) is 17.8 Å². The van der Waals surface area contributed by atoms with Crippen molar-refractivity contribution in [2.45, 2.75) is 76.8 Å². The summed E-state index contributed by atoms with van der Waals surface area (Å²) in [7, 11) is 0. The highest BCUT2D eigenvalue weighted by atomic mass is 16.7. The minimum absolute atomic E-state index is 0.0508. The molecule has 2 aliphatic rings. The zero-order chi connectivity index (χ0) is 16.4. The minimum Gasteiger partial charge on any atom is -0.394 e. The average molecular weight is 318 g/mol. The summed E-state index contributed by atoms with van der Waals surface area (Å²) in [5.41, 5.74) is 0. The number of ether oxygens (including phenoxy) is 2. The third-order valence-electron chi connectivity index (χ3n) is 5.12. The predicted octanol–water partition coefficient (Wildman–Crippen LogP) is 0.264. The lowest BCUT2D eigenvalue weighted by Crippen LogP contribution is -2.60. The van der Waals surface area contributed by atoms with Gasteiger partial charge in [0.05, 0.1) is 12.7 Å². The van der Waals surface area contributed by atoms with Crippen LogP contribution in [0.5, 0.6) is 0 Å². The van der Waals surface area contributed by atoms with Gasteiger partial charge in [0.2, 0.25) is 0 Å². The van der Waals surface area contributed by atoms with E-state index in [0.717, 1.165) is 19.3 Å². The third kappa shape index (κ3) is 3.80. The standard InChI is InChI=1S/C16H30O6/c1-8(2)10-5-4-9(3)6-11(10)21-16-15(20)14(19)13(18)12(7-17)22-16/h8-20H,4-7H2,1-3H3/t9?,10?,11?,12-,13+,14+,15-,16?/m1/s1. The lowest BCUT2D eigenvalue weighted by atomic mass is 9.75. The maximum absolute atomic E-state index is 10.1. The Balaban J connectivity index is 2.06. The van der Waals surface area contributed by atoms with Crippen LogP contribution in [-0.4, -0.2) is 63.8 Å². The molecule has 0 radical (unpaired) electrons. The van der Waals surface area contributed by atoms with Gasteiger partial charge in [-0.1, -0.05) is 27.2 Å². The molecular weight excluding hydrogens is 288 g/mol. The number of rotatable bonds is 4. The molecule has 2 rings (SSSR count). The molecule has 2 fully saturated rings. The number of hydrogen-bond donors (Lipinski definition) is 4. The van der Waals surface area contributed by atoms with Gasteiger partial charge in [-0.3, -0.25) is 0 Å². The van der Waals surface area contributed by atoms with Gasteiger partial charge in [0.1, 0.15) is 24.4 Å². The second kappa shape index (κ2) is 7.55. The van der Waals surface area contributed by atoms with Crippen LogP contribution < -0.4 is 0 Å². The summed E-state index contributed by atoms with van der Waals surface area (Å²) in [5, 5.41) is 39.0. The summed E-state index contributed by atoms with van der Waals surface area (Å²) < 4.78 is 11.4. The normalized spacial score (nSPS) is 46.9. The number of aliphatic hydroxyl groups is 4. The minimum atomic E-state index is -1.38. The molecule has 6 nitrogen and oxygen atoms in total. The van der Waals surface area contributed by atoms with Gasteiger partial charge in [-0.25, -0.2) is 0 Å². The summed E-state index contributed by atoms with van der Waals surface area (Å²) in [5.74, 6) is 1.39. The van der Waals surface area contributed by atoms with E-state index in [1.807, 2.05) is 0 Å². The zero-order valence-electron chi connectivity index (χ0n) is 13.6. The van der Waals surface area contributed by atoms with E-state index in [9.17, 15) is 20.4 Å². The maximum Gasteiger partial charge on any atom is 0.186 e. The summed E-state index contributed by atoms with van der Waals surface area (Å²) in [6, 6.07) is 0. The molecule has 0 spiro atoms. The van der Waals surface area contributed by atoms with E-state index in [4.69, 9.17) is 9.47 Å². The van der Waals surface area contributed by atoms with Crippen molar-refractivity contribution in [2.24, 2.45) is 17.8 Å². The van der Waals surface area contributed by atoms with E-state index in [0.29, 0.717) is 17.8 Å². The van der Waals surface area contributed by atoms with Crippen LogP contribution in [0.3, 0.4) is 0 Å².